The van der Waals surface area contributed by atoms with Gasteiger partial charge in [-0.1, -0.05) is 91.0 Å². The summed E-state index contributed by atoms with van der Waals surface area (Å²) in [5.41, 5.74) is 4.48. The monoisotopic (exact) mass is 800 g/mol. The van der Waals surface area contributed by atoms with Crippen molar-refractivity contribution in [3.05, 3.63) is 158 Å². The van der Waals surface area contributed by atoms with E-state index in [9.17, 15) is 26.0 Å². The summed E-state index contributed by atoms with van der Waals surface area (Å²) in [6.07, 6.45) is 7.54. The Morgan fingerprint density at radius 2 is 1.39 bits per heavy atom. The second-order valence-electron chi connectivity index (χ2n) is 13.7. The molecule has 2 aliphatic rings. The van der Waals surface area contributed by atoms with E-state index in [2.05, 4.69) is 6.07 Å². The molecule has 0 radical (unpaired) electrons. The van der Waals surface area contributed by atoms with Gasteiger partial charge in [0.15, 0.2) is 28.4 Å². The number of benzene rings is 4. The third kappa shape index (κ3) is 8.62. The maximum Gasteiger partial charge on any atom is 0.180 e. The number of nitriles is 3. The molecule has 5 aromatic rings. The average Bonchev–Trinajstić information content (AvgIpc) is 3.79. The predicted molar refractivity (Wildman–Crippen MR) is 228 cm³/mol. The Bertz CT molecular complexity index is 2540. The molecule has 0 saturated carbocycles. The Kier molecular flexibility index (Phi) is 12.6. The van der Waals surface area contributed by atoms with Crippen LogP contribution in [0.5, 0.6) is 17.2 Å². The predicted octanol–water partition coefficient (Wildman–Crippen LogP) is 8.81. The number of aliphatic hydroxyl groups excluding tert-OH is 2. The molecule has 11 heteroatoms. The molecule has 0 aliphatic carbocycles. The van der Waals surface area contributed by atoms with Crippen LogP contribution >= 0.6 is 11.3 Å². The lowest BCUT2D eigenvalue weighted by atomic mass is 9.85. The highest BCUT2D eigenvalue weighted by Crippen LogP contribution is 2.50. The van der Waals surface area contributed by atoms with Gasteiger partial charge < -0.3 is 34.1 Å². The number of thiophene rings is 1. The minimum Gasteiger partial charge on any atom is -0.488 e. The summed E-state index contributed by atoms with van der Waals surface area (Å²) in [6, 6.07) is 39.4. The fourth-order valence-electron chi connectivity index (χ4n) is 7.02. The van der Waals surface area contributed by atoms with E-state index < -0.39 is 5.60 Å². The van der Waals surface area contributed by atoms with Crippen molar-refractivity contribution in [1.82, 2.24) is 0 Å². The molecule has 2 aliphatic heterocycles. The Hall–Kier alpha value is -7.07. The quantitative estimate of drug-likeness (QED) is 0.104. The number of allylic oxidation sites excluding steroid dienone is 2. The van der Waals surface area contributed by atoms with Crippen molar-refractivity contribution in [2.24, 2.45) is 0 Å². The molecule has 294 valence electrons. The molecule has 1 atom stereocenters. The maximum atomic E-state index is 10.5. The average molecular weight is 801 g/mol. The molecule has 0 bridgehead atoms. The molecular formula is C48H40N4O6S. The minimum atomic E-state index is -1.21. The van der Waals surface area contributed by atoms with E-state index in [1.807, 2.05) is 145 Å². The zero-order valence-electron chi connectivity index (χ0n) is 32.3. The molecule has 0 saturated heterocycles. The summed E-state index contributed by atoms with van der Waals surface area (Å²) in [5.74, 6) is 1.72. The summed E-state index contributed by atoms with van der Waals surface area (Å²) < 4.78 is 25.1. The van der Waals surface area contributed by atoms with Crippen molar-refractivity contribution in [1.29, 1.82) is 15.8 Å². The van der Waals surface area contributed by atoms with Crippen LogP contribution in [-0.2, 0) is 16.9 Å². The first-order chi connectivity index (χ1) is 28.9. The normalized spacial score (nSPS) is 15.8. The first kappa shape index (κ1) is 40.1. The second-order valence-corrected chi connectivity index (χ2v) is 14.8. The zero-order valence-corrected chi connectivity index (χ0v) is 33.1. The molecule has 1 unspecified atom stereocenters. The van der Waals surface area contributed by atoms with Crippen molar-refractivity contribution >= 4 is 35.3 Å². The van der Waals surface area contributed by atoms with Crippen LogP contribution in [0.2, 0.25) is 0 Å². The Morgan fingerprint density at radius 1 is 0.780 bits per heavy atom. The van der Waals surface area contributed by atoms with E-state index in [-0.39, 0.29) is 30.1 Å². The third-order valence-corrected chi connectivity index (χ3v) is 11.1. The largest absolute Gasteiger partial charge is 0.488 e. The van der Waals surface area contributed by atoms with Crippen LogP contribution in [0.15, 0.2) is 132 Å². The smallest absolute Gasteiger partial charge is 0.180 e. The van der Waals surface area contributed by atoms with Gasteiger partial charge in [0.05, 0.1) is 23.0 Å². The number of aliphatic hydroxyl groups is 2. The number of ether oxygens (including phenoxy) is 4. The highest BCUT2D eigenvalue weighted by molar-refractivity contribution is 7.14. The van der Waals surface area contributed by atoms with Gasteiger partial charge in [-0.2, -0.15) is 15.8 Å². The molecule has 0 spiro atoms. The van der Waals surface area contributed by atoms with E-state index in [1.54, 1.807) is 6.08 Å². The molecule has 3 heterocycles. The van der Waals surface area contributed by atoms with Crippen molar-refractivity contribution in [3.63, 3.8) is 0 Å². The highest BCUT2D eigenvalue weighted by Gasteiger charge is 2.44. The fraction of sp³-hybridized carbons (Fsp3) is 0.188. The SMILES string of the molecule is CC1(c2ccc(-c3ccccc3)cc2)OC(=C(C#N)C#N)C(C#N)=C1/C=C/c1sc(/C=C/c2ccc(N(CCO)CCO)cc2OCc2ccccc2)c2c1OCCO2. The maximum absolute atomic E-state index is 10.5. The van der Waals surface area contributed by atoms with Gasteiger partial charge in [0, 0.05) is 36.0 Å². The minimum absolute atomic E-state index is 0.0599. The van der Waals surface area contributed by atoms with Gasteiger partial charge in [-0.15, -0.1) is 11.3 Å². The Balaban J connectivity index is 1.25. The van der Waals surface area contributed by atoms with Crippen LogP contribution in [0.25, 0.3) is 29.4 Å². The number of hydrogen-bond acceptors (Lipinski definition) is 11. The first-order valence-corrected chi connectivity index (χ1v) is 19.8. The standard InChI is InChI=1S/C48H40N4O6S/c1-48(38-16-12-35(13-17-38)34-10-6-3-7-11-34)41(40(31-51)45(58-48)37(29-49)30-50)19-21-44-47-46(55-26-27-56-47)43(59-44)20-15-36-14-18-39(52(22-24-53)23-25-54)28-42(36)57-32-33-8-4-2-5-9-33/h2-21,28,53-54H,22-27,32H2,1H3/b20-15+,21-19+. The van der Waals surface area contributed by atoms with Gasteiger partial charge in [0.1, 0.15) is 49.4 Å². The van der Waals surface area contributed by atoms with Crippen LogP contribution < -0.4 is 19.1 Å². The lowest BCUT2D eigenvalue weighted by Gasteiger charge is -2.27. The molecule has 2 N–H and O–H groups in total. The molecule has 7 rings (SSSR count). The zero-order chi connectivity index (χ0) is 41.2. The van der Waals surface area contributed by atoms with E-state index in [4.69, 9.17) is 18.9 Å². The van der Waals surface area contributed by atoms with Gasteiger partial charge in [0.25, 0.3) is 0 Å². The molecule has 4 aromatic carbocycles. The first-order valence-electron chi connectivity index (χ1n) is 19.0. The van der Waals surface area contributed by atoms with Crippen LogP contribution in [0, 0.1) is 34.0 Å². The van der Waals surface area contributed by atoms with E-state index in [0.29, 0.717) is 55.7 Å². The van der Waals surface area contributed by atoms with Crippen LogP contribution in [-0.4, -0.2) is 49.7 Å². The summed E-state index contributed by atoms with van der Waals surface area (Å²) >= 11 is 1.44. The van der Waals surface area contributed by atoms with Crippen LogP contribution in [0.1, 0.15) is 33.4 Å². The van der Waals surface area contributed by atoms with Gasteiger partial charge in [-0.05, 0) is 59.5 Å². The van der Waals surface area contributed by atoms with Gasteiger partial charge in [0.2, 0.25) is 0 Å². The van der Waals surface area contributed by atoms with Crippen molar-refractivity contribution < 1.29 is 29.2 Å². The molecule has 0 amide bonds. The van der Waals surface area contributed by atoms with E-state index in [1.165, 1.54) is 11.3 Å². The number of fused-ring (bicyclic) bond motifs is 1. The second kappa shape index (κ2) is 18.5. The van der Waals surface area contributed by atoms with Gasteiger partial charge in [-0.25, -0.2) is 0 Å². The summed E-state index contributed by atoms with van der Waals surface area (Å²) in [4.78, 5) is 3.44. The Morgan fingerprint density at radius 3 is 2.00 bits per heavy atom. The Labute approximate surface area is 347 Å². The van der Waals surface area contributed by atoms with Crippen molar-refractivity contribution in [2.45, 2.75) is 19.1 Å². The van der Waals surface area contributed by atoms with E-state index >= 15 is 0 Å². The number of nitrogens with zero attached hydrogens (tertiary/aromatic N) is 4. The third-order valence-electron chi connectivity index (χ3n) is 10.0. The van der Waals surface area contributed by atoms with Crippen molar-refractivity contribution in [2.75, 3.05) is 44.4 Å². The van der Waals surface area contributed by atoms with Crippen LogP contribution in [0.4, 0.5) is 5.69 Å². The number of hydrogen-bond donors (Lipinski definition) is 2. The summed E-state index contributed by atoms with van der Waals surface area (Å²) in [7, 11) is 0. The number of rotatable bonds is 14. The summed E-state index contributed by atoms with van der Waals surface area (Å²) in [5, 5.41) is 49.4. The fourth-order valence-corrected chi connectivity index (χ4v) is 8.02. The lowest BCUT2D eigenvalue weighted by Crippen LogP contribution is -2.29. The topological polar surface area (TPSA) is 152 Å². The molecule has 10 nitrogen and oxygen atoms in total. The van der Waals surface area contributed by atoms with Crippen LogP contribution in [0.3, 0.4) is 0 Å². The van der Waals surface area contributed by atoms with Crippen molar-refractivity contribution in [3.8, 4) is 46.6 Å². The summed E-state index contributed by atoms with van der Waals surface area (Å²) in [6.45, 7) is 3.48. The van der Waals surface area contributed by atoms with Gasteiger partial charge >= 0.3 is 0 Å². The molecular weight excluding hydrogens is 761 g/mol. The highest BCUT2D eigenvalue weighted by atomic mass is 32.1. The molecule has 1 aromatic heterocycles. The number of anilines is 1. The van der Waals surface area contributed by atoms with E-state index in [0.717, 1.165) is 43.3 Å². The van der Waals surface area contributed by atoms with Gasteiger partial charge in [-0.3, -0.25) is 0 Å². The molecule has 0 fully saturated rings. The molecule has 59 heavy (non-hydrogen) atoms. The lowest BCUT2D eigenvalue weighted by molar-refractivity contribution is 0.0755.